The minimum absolute atomic E-state index is 0.0457. The fraction of sp³-hybridized carbons (Fsp3) is 0.958. The van der Waals surface area contributed by atoms with Crippen LogP contribution >= 0.6 is 0 Å². The Balaban J connectivity index is 0.694. The monoisotopic (exact) mass is 1140 g/mol. The minimum atomic E-state index is -0.713. The van der Waals surface area contributed by atoms with Crippen molar-refractivity contribution in [3.05, 3.63) is 0 Å². The van der Waals surface area contributed by atoms with Gasteiger partial charge in [-0.15, -0.1) is 0 Å². The molecule has 0 aromatic carbocycles. The van der Waals surface area contributed by atoms with Crippen LogP contribution in [0.1, 0.15) is 255 Å². The number of hydrogen-bond acceptors (Lipinski definition) is 9. The summed E-state index contributed by atoms with van der Waals surface area (Å²) < 4.78 is 13.6. The van der Waals surface area contributed by atoms with Crippen LogP contribution in [0.5, 0.6) is 0 Å². The van der Waals surface area contributed by atoms with Crippen molar-refractivity contribution < 1.29 is 49.4 Å². The Kier molecular flexibility index (Phi) is 16.5. The van der Waals surface area contributed by atoms with Gasteiger partial charge in [0, 0.05) is 25.2 Å². The van der Waals surface area contributed by atoms with E-state index in [-0.39, 0.29) is 105 Å². The van der Waals surface area contributed by atoms with Crippen molar-refractivity contribution in [3.8, 4) is 0 Å². The first-order chi connectivity index (χ1) is 38.8. The molecule has 0 amide bonds. The molecule has 0 saturated heterocycles. The van der Waals surface area contributed by atoms with E-state index in [1.54, 1.807) is 0 Å². The van der Waals surface area contributed by atoms with Crippen LogP contribution in [0.3, 0.4) is 0 Å². The Morgan fingerprint density at radius 2 is 0.963 bits per heavy atom. The molecular formula is C72H116O10. The van der Waals surface area contributed by atoms with Crippen LogP contribution in [-0.4, -0.2) is 80.1 Å². The highest BCUT2D eigenvalue weighted by Gasteiger charge is 2.67. The lowest BCUT2D eigenvalue weighted by molar-refractivity contribution is -0.199. The maximum absolute atomic E-state index is 14.7. The molecule has 30 atom stereocenters. The van der Waals surface area contributed by atoms with E-state index in [4.69, 9.17) is 9.47 Å². The van der Waals surface area contributed by atoms with Crippen LogP contribution in [-0.2, 0) is 23.9 Å². The van der Waals surface area contributed by atoms with Crippen LogP contribution < -0.4 is 0 Å². The predicted octanol–water partition coefficient (Wildman–Crippen LogP) is 14.4. The van der Waals surface area contributed by atoms with Crippen molar-refractivity contribution in [1.82, 2.24) is 0 Å². The lowest BCUT2D eigenvalue weighted by Gasteiger charge is -2.63. The number of fused-ring (bicyclic) bond motifs is 15. The number of aliphatic hydroxyl groups is 4. The van der Waals surface area contributed by atoms with E-state index in [2.05, 4.69) is 62.3 Å². The molecule has 12 aliphatic carbocycles. The van der Waals surface area contributed by atoms with Crippen molar-refractivity contribution in [3.63, 3.8) is 0 Å². The molecule has 8 unspecified atom stereocenters. The number of carbonyl (C=O) groups is 3. The van der Waals surface area contributed by atoms with Gasteiger partial charge in [0.1, 0.15) is 12.2 Å². The van der Waals surface area contributed by atoms with Gasteiger partial charge < -0.3 is 35.0 Å². The van der Waals surface area contributed by atoms with Gasteiger partial charge in [0.15, 0.2) is 0 Å². The first-order valence-corrected chi connectivity index (χ1v) is 35.2. The molecule has 464 valence electrons. The number of ether oxygens (including phenoxy) is 2. The molecule has 0 radical (unpaired) electrons. The molecular weight excluding hydrogens is 1020 g/mol. The van der Waals surface area contributed by atoms with E-state index in [0.29, 0.717) is 108 Å². The van der Waals surface area contributed by atoms with Crippen LogP contribution in [0, 0.1) is 139 Å². The van der Waals surface area contributed by atoms with E-state index in [0.717, 1.165) is 122 Å². The van der Waals surface area contributed by atoms with Crippen molar-refractivity contribution in [2.75, 3.05) is 0 Å². The van der Waals surface area contributed by atoms with Crippen molar-refractivity contribution in [2.45, 2.75) is 292 Å². The normalized spacial score (nSPS) is 53.0. The summed E-state index contributed by atoms with van der Waals surface area (Å²) in [6.07, 6.45) is 26.8. The largest absolute Gasteiger partial charge is 0.481 e. The van der Waals surface area contributed by atoms with Gasteiger partial charge in [-0.05, 0) is 306 Å². The second-order valence-corrected chi connectivity index (χ2v) is 34.1. The van der Waals surface area contributed by atoms with Gasteiger partial charge >= 0.3 is 17.9 Å². The number of carbonyl (C=O) groups excluding carboxylic acids is 2. The summed E-state index contributed by atoms with van der Waals surface area (Å²) in [7, 11) is 0. The SMILES string of the molecule is C[C@H](CCC(=O)O)[C@H]1CC[C@H]2[C@@H]3[C@H](OC(=O)CC[C@@H](C)[C@H]4CCC5C6C[C@H](O)C7C[C@H](O)CC[C@]7(C)C6CC[C@@]54C)CC4C[C@H](OC(=O)CC[C@@H](C)[C@H]5CCC6C7CC[C@@H]8C[C@H](O)CC[C@]8(C)C7C[C@H](O)[C@@]65C)CC[C@]4(C)[C@H]3CC[C@]12C. The average molecular weight is 1140 g/mol. The highest BCUT2D eigenvalue weighted by Crippen LogP contribution is 2.72. The molecule has 0 heterocycles. The molecule has 12 saturated carbocycles. The Hall–Kier alpha value is -1.75. The Labute approximate surface area is 495 Å². The molecule has 0 aromatic heterocycles. The molecule has 0 aliphatic heterocycles. The number of aliphatic carboxylic acids is 1. The molecule has 5 N–H and O–H groups in total. The number of carboxylic acid groups (broad SMARTS) is 1. The standard InChI is InChI=1S/C72H116O10/c1-40(10-21-63(77)78)51-16-20-56-66-57(28-33-70(51,56)7)68(5)31-26-47(81-64(79)22-12-42(3)52-17-19-55-48-14-13-43-34-45(73)24-29-67(43,4)58(48)39-62(76)72(52,55)9)35-44(68)36-61(66)82-65(80)23-11-41(2)50-15-18-53-49-38-60(75)59-37-46(74)25-30-71(59,8)54(49)27-32-69(50,53)6/h40-62,66,73-76H,10-39H2,1-9H3,(H,77,78)/t40-,41-,42-,43-,44?,45-,46-,47-,48?,49?,50-,51-,52-,53?,54?,55?,56+,57+,58?,59?,60+,61-,62+,66+,67+,68+,69-,70-,71-,72-/m1/s1. The fourth-order valence-electron chi connectivity index (χ4n) is 26.9. The zero-order valence-electron chi connectivity index (χ0n) is 52.8. The average Bonchev–Trinajstić information content (AvgIpc) is 1.93. The third kappa shape index (κ3) is 9.89. The lowest BCUT2D eigenvalue weighted by Crippen LogP contribution is -2.59. The number of aliphatic hydroxyl groups excluding tert-OH is 4. The van der Waals surface area contributed by atoms with E-state index in [1.165, 1.54) is 44.9 Å². The second kappa shape index (κ2) is 22.4. The predicted molar refractivity (Wildman–Crippen MR) is 318 cm³/mol. The van der Waals surface area contributed by atoms with E-state index in [1.807, 2.05) is 0 Å². The van der Waals surface area contributed by atoms with E-state index in [9.17, 15) is 39.9 Å². The van der Waals surface area contributed by atoms with Gasteiger partial charge in [-0.25, -0.2) is 0 Å². The maximum atomic E-state index is 14.7. The van der Waals surface area contributed by atoms with Crippen LogP contribution in [0.2, 0.25) is 0 Å². The molecule has 10 heteroatoms. The summed E-state index contributed by atoms with van der Waals surface area (Å²) in [6.45, 7) is 22.0. The smallest absolute Gasteiger partial charge is 0.306 e. The van der Waals surface area contributed by atoms with Gasteiger partial charge in [0.05, 0.1) is 24.4 Å². The number of hydrogen-bond donors (Lipinski definition) is 5. The molecule has 12 rings (SSSR count). The zero-order chi connectivity index (χ0) is 58.2. The highest BCUT2D eigenvalue weighted by molar-refractivity contribution is 5.70. The van der Waals surface area contributed by atoms with Crippen LogP contribution in [0.25, 0.3) is 0 Å². The van der Waals surface area contributed by atoms with Crippen LogP contribution in [0.15, 0.2) is 0 Å². The Morgan fingerprint density at radius 1 is 0.439 bits per heavy atom. The van der Waals surface area contributed by atoms with Crippen LogP contribution in [0.4, 0.5) is 0 Å². The quantitative estimate of drug-likeness (QED) is 0.105. The number of carboxylic acids is 1. The van der Waals surface area contributed by atoms with Crippen molar-refractivity contribution in [2.24, 2.45) is 139 Å². The molecule has 0 bridgehead atoms. The summed E-state index contributed by atoms with van der Waals surface area (Å²) in [5.74, 6) is 7.19. The molecule has 10 nitrogen and oxygen atoms in total. The molecule has 12 aliphatic rings. The minimum Gasteiger partial charge on any atom is -0.481 e. The van der Waals surface area contributed by atoms with Gasteiger partial charge in [-0.3, -0.25) is 14.4 Å². The summed E-state index contributed by atoms with van der Waals surface area (Å²) in [5.41, 5.74) is 0.533. The molecule has 82 heavy (non-hydrogen) atoms. The molecule has 0 spiro atoms. The van der Waals surface area contributed by atoms with Crippen molar-refractivity contribution >= 4 is 17.9 Å². The van der Waals surface area contributed by atoms with E-state index < -0.39 is 5.97 Å². The number of rotatable bonds is 14. The maximum Gasteiger partial charge on any atom is 0.306 e. The third-order valence-electron chi connectivity index (χ3n) is 31.3. The molecule has 12 fully saturated rings. The Morgan fingerprint density at radius 3 is 1.66 bits per heavy atom. The first-order valence-electron chi connectivity index (χ1n) is 35.2. The molecule has 0 aromatic rings. The third-order valence-corrected chi connectivity index (χ3v) is 31.3. The van der Waals surface area contributed by atoms with Gasteiger partial charge in [-0.2, -0.15) is 0 Å². The topological polar surface area (TPSA) is 171 Å². The summed E-state index contributed by atoms with van der Waals surface area (Å²) in [4.78, 5) is 40.6. The first kappa shape index (κ1) is 60.5. The van der Waals surface area contributed by atoms with Gasteiger partial charge in [0.2, 0.25) is 0 Å². The van der Waals surface area contributed by atoms with Gasteiger partial charge in [0.25, 0.3) is 0 Å². The lowest BCUT2D eigenvalue weighted by atomic mass is 9.43. The fourth-order valence-corrected chi connectivity index (χ4v) is 26.9. The number of esters is 2. The second-order valence-electron chi connectivity index (χ2n) is 34.1. The zero-order valence-corrected chi connectivity index (χ0v) is 52.8. The highest BCUT2D eigenvalue weighted by atomic mass is 16.5. The van der Waals surface area contributed by atoms with Gasteiger partial charge in [-0.1, -0.05) is 62.3 Å². The Bertz CT molecular complexity index is 2340. The summed E-state index contributed by atoms with van der Waals surface area (Å²) >= 11 is 0. The van der Waals surface area contributed by atoms with Crippen molar-refractivity contribution in [1.29, 1.82) is 0 Å². The summed E-state index contributed by atoms with van der Waals surface area (Å²) in [5, 5.41) is 54.8. The van der Waals surface area contributed by atoms with E-state index >= 15 is 0 Å². The summed E-state index contributed by atoms with van der Waals surface area (Å²) in [6, 6.07) is 0.